The first-order valence-corrected chi connectivity index (χ1v) is 6.43. The molecule has 2 aromatic rings. The van der Waals surface area contributed by atoms with E-state index in [1.54, 1.807) is 0 Å². The first-order chi connectivity index (χ1) is 10.4. The first kappa shape index (κ1) is 11.7. The number of hydrogen-bond donors (Lipinski definition) is 1. The van der Waals surface area contributed by atoms with Gasteiger partial charge in [0.05, 0.1) is 0 Å². The van der Waals surface area contributed by atoms with Crippen molar-refractivity contribution in [2.45, 2.75) is 0 Å². The van der Waals surface area contributed by atoms with Crippen LogP contribution in [-0.2, 0) is 0 Å². The van der Waals surface area contributed by atoms with Crippen LogP contribution in [0, 0.1) is 0 Å². The molecule has 0 saturated carbocycles. The number of para-hydroxylation sites is 4. The monoisotopic (exact) mass is 281 g/mol. The van der Waals surface area contributed by atoms with Gasteiger partial charge in [0, 0.05) is 0 Å². The summed E-state index contributed by atoms with van der Waals surface area (Å²) in [5.74, 6) is 3.46. The van der Waals surface area contributed by atoms with E-state index in [-0.39, 0.29) is 0 Å². The van der Waals surface area contributed by atoms with Crippen LogP contribution < -0.4 is 24.3 Å². The lowest BCUT2D eigenvalue weighted by molar-refractivity contribution is 0.259. The number of hydrogen-bond acceptors (Lipinski definition) is 5. The smallest absolute Gasteiger partial charge is 0.236 e. The van der Waals surface area contributed by atoms with Gasteiger partial charge in [-0.1, -0.05) is 24.3 Å². The topological polar surface area (TPSA) is 49.0 Å². The minimum atomic E-state index is 0.419. The molecular formula is C16H11NO4. The van der Waals surface area contributed by atoms with Crippen molar-refractivity contribution in [2.75, 3.05) is 0 Å². The summed E-state index contributed by atoms with van der Waals surface area (Å²) in [6.45, 7) is 0. The summed E-state index contributed by atoms with van der Waals surface area (Å²) in [7, 11) is 0. The van der Waals surface area contributed by atoms with E-state index in [0.717, 1.165) is 0 Å². The molecule has 0 aromatic heterocycles. The molecule has 0 amide bonds. The summed E-state index contributed by atoms with van der Waals surface area (Å²) in [5.41, 5.74) is 0. The van der Waals surface area contributed by atoms with Gasteiger partial charge in [0.1, 0.15) is 0 Å². The Balaban J connectivity index is 1.49. The quantitative estimate of drug-likeness (QED) is 0.916. The predicted molar refractivity (Wildman–Crippen MR) is 74.7 cm³/mol. The zero-order valence-corrected chi connectivity index (χ0v) is 10.9. The van der Waals surface area contributed by atoms with Crippen molar-refractivity contribution in [1.82, 2.24) is 5.32 Å². The lowest BCUT2D eigenvalue weighted by Gasteiger charge is -2.22. The fraction of sp³-hybridized carbons (Fsp3) is 0. The molecule has 0 spiro atoms. The van der Waals surface area contributed by atoms with Gasteiger partial charge >= 0.3 is 0 Å². The van der Waals surface area contributed by atoms with E-state index in [1.165, 1.54) is 12.5 Å². The molecule has 2 aromatic carbocycles. The highest BCUT2D eigenvalue weighted by Crippen LogP contribution is 2.33. The molecule has 1 N–H and O–H groups in total. The van der Waals surface area contributed by atoms with Crippen molar-refractivity contribution in [3.63, 3.8) is 0 Å². The summed E-state index contributed by atoms with van der Waals surface area (Å²) in [6, 6.07) is 14.8. The standard InChI is InChI=1S/C16H11NO4/c1-3-7-13-11(5-1)18-9-15(20-13)17-16-10-19-12-6-2-4-8-14(12)21-16/h1-10,17H. The van der Waals surface area contributed by atoms with E-state index in [9.17, 15) is 0 Å². The number of ether oxygens (including phenoxy) is 4. The molecule has 2 aliphatic rings. The van der Waals surface area contributed by atoms with Crippen LogP contribution in [0.2, 0.25) is 0 Å². The van der Waals surface area contributed by atoms with Gasteiger partial charge in [-0.3, -0.25) is 5.32 Å². The third-order valence-electron chi connectivity index (χ3n) is 2.97. The van der Waals surface area contributed by atoms with Gasteiger partial charge in [-0.05, 0) is 24.3 Å². The molecule has 0 bridgehead atoms. The summed E-state index contributed by atoms with van der Waals surface area (Å²) >= 11 is 0. The fourth-order valence-corrected chi connectivity index (χ4v) is 2.01. The van der Waals surface area contributed by atoms with Crippen molar-refractivity contribution in [1.29, 1.82) is 0 Å². The highest BCUT2D eigenvalue weighted by molar-refractivity contribution is 5.44. The second-order valence-corrected chi connectivity index (χ2v) is 4.42. The van der Waals surface area contributed by atoms with Gasteiger partial charge in [0.2, 0.25) is 11.8 Å². The van der Waals surface area contributed by atoms with Crippen molar-refractivity contribution in [2.24, 2.45) is 0 Å². The molecule has 5 heteroatoms. The molecule has 2 heterocycles. The zero-order valence-electron chi connectivity index (χ0n) is 10.9. The van der Waals surface area contributed by atoms with Crippen LogP contribution in [0.15, 0.2) is 72.8 Å². The van der Waals surface area contributed by atoms with Crippen LogP contribution in [0.5, 0.6) is 23.0 Å². The van der Waals surface area contributed by atoms with Crippen molar-refractivity contribution in [3.05, 3.63) is 72.8 Å². The molecule has 21 heavy (non-hydrogen) atoms. The largest absolute Gasteiger partial charge is 0.455 e. The Morgan fingerprint density at radius 1 is 0.571 bits per heavy atom. The third kappa shape index (κ3) is 2.25. The number of fused-ring (bicyclic) bond motifs is 2. The van der Waals surface area contributed by atoms with Gasteiger partial charge in [-0.2, -0.15) is 0 Å². The number of benzene rings is 2. The molecule has 0 saturated heterocycles. The maximum Gasteiger partial charge on any atom is 0.236 e. The van der Waals surface area contributed by atoms with Crippen LogP contribution >= 0.6 is 0 Å². The molecule has 4 rings (SSSR count). The first-order valence-electron chi connectivity index (χ1n) is 6.43. The van der Waals surface area contributed by atoms with Gasteiger partial charge in [0.25, 0.3) is 0 Å². The van der Waals surface area contributed by atoms with Crippen LogP contribution in [0.1, 0.15) is 0 Å². The maximum atomic E-state index is 5.67. The summed E-state index contributed by atoms with van der Waals surface area (Å²) in [5, 5.41) is 2.97. The van der Waals surface area contributed by atoms with Gasteiger partial charge < -0.3 is 18.9 Å². The van der Waals surface area contributed by atoms with Crippen LogP contribution in [-0.4, -0.2) is 0 Å². The fourth-order valence-electron chi connectivity index (χ4n) is 2.01. The minimum absolute atomic E-state index is 0.419. The Bertz CT molecular complexity index is 688. The Morgan fingerprint density at radius 2 is 1.00 bits per heavy atom. The maximum absolute atomic E-state index is 5.67. The number of rotatable bonds is 2. The van der Waals surface area contributed by atoms with Crippen LogP contribution in [0.25, 0.3) is 0 Å². The Kier molecular flexibility index (Phi) is 2.67. The minimum Gasteiger partial charge on any atom is -0.455 e. The lowest BCUT2D eigenvalue weighted by atomic mass is 10.3. The average molecular weight is 281 g/mol. The van der Waals surface area contributed by atoms with Crippen molar-refractivity contribution < 1.29 is 18.9 Å². The highest BCUT2D eigenvalue weighted by Gasteiger charge is 2.18. The third-order valence-corrected chi connectivity index (χ3v) is 2.97. The molecule has 0 fully saturated rings. The van der Waals surface area contributed by atoms with E-state index in [2.05, 4.69) is 5.32 Å². The van der Waals surface area contributed by atoms with E-state index in [4.69, 9.17) is 18.9 Å². The van der Waals surface area contributed by atoms with E-state index >= 15 is 0 Å². The molecule has 0 radical (unpaired) electrons. The molecular weight excluding hydrogens is 270 g/mol. The molecule has 0 aliphatic carbocycles. The predicted octanol–water partition coefficient (Wildman–Crippen LogP) is 3.12. The Morgan fingerprint density at radius 3 is 1.48 bits per heavy atom. The number of nitrogens with one attached hydrogen (secondary N) is 1. The molecule has 0 unspecified atom stereocenters. The van der Waals surface area contributed by atoms with Crippen molar-refractivity contribution >= 4 is 0 Å². The van der Waals surface area contributed by atoms with Crippen LogP contribution in [0.4, 0.5) is 0 Å². The van der Waals surface area contributed by atoms with Gasteiger partial charge in [-0.15, -0.1) is 0 Å². The Hall–Kier alpha value is -3.08. The lowest BCUT2D eigenvalue weighted by Crippen LogP contribution is -2.25. The van der Waals surface area contributed by atoms with Crippen LogP contribution in [0.3, 0.4) is 0 Å². The average Bonchev–Trinajstić information content (AvgIpc) is 2.55. The normalized spacial score (nSPS) is 14.9. The summed E-state index contributed by atoms with van der Waals surface area (Å²) in [6.07, 6.45) is 2.96. The van der Waals surface area contributed by atoms with E-state index < -0.39 is 0 Å². The molecule has 2 aliphatic heterocycles. The molecule has 104 valence electrons. The molecule has 5 nitrogen and oxygen atoms in total. The second kappa shape index (κ2) is 4.79. The Labute approximate surface area is 121 Å². The van der Waals surface area contributed by atoms with Crippen molar-refractivity contribution in [3.8, 4) is 23.0 Å². The molecule has 0 atom stereocenters. The van der Waals surface area contributed by atoms with Gasteiger partial charge in [0.15, 0.2) is 35.5 Å². The summed E-state index contributed by atoms with van der Waals surface area (Å²) in [4.78, 5) is 0. The van der Waals surface area contributed by atoms with Gasteiger partial charge in [-0.25, -0.2) is 0 Å². The van der Waals surface area contributed by atoms with E-state index in [0.29, 0.717) is 34.8 Å². The summed E-state index contributed by atoms with van der Waals surface area (Å²) < 4.78 is 22.3. The van der Waals surface area contributed by atoms with E-state index in [1.807, 2.05) is 48.5 Å². The highest BCUT2D eigenvalue weighted by atomic mass is 16.6. The second-order valence-electron chi connectivity index (χ2n) is 4.42. The zero-order chi connectivity index (χ0) is 14.1. The SMILES string of the molecule is C1=C(NC2=COc3ccccc3O2)Oc2ccccc2O1.